The normalized spacial score (nSPS) is 11.1. The second-order valence-electron chi connectivity index (χ2n) is 5.73. The Bertz CT molecular complexity index is 546. The van der Waals surface area contributed by atoms with Crippen molar-refractivity contribution in [1.82, 2.24) is 24.8 Å². The molecule has 0 aliphatic rings. The molecule has 0 aromatic carbocycles. The number of rotatable bonds is 7. The van der Waals surface area contributed by atoms with Crippen LogP contribution in [0.15, 0.2) is 24.8 Å². The van der Waals surface area contributed by atoms with E-state index in [0.717, 1.165) is 24.5 Å². The molecule has 2 aromatic heterocycles. The Kier molecular flexibility index (Phi) is 5.27. The monoisotopic (exact) mass is 288 g/mol. The first-order valence-electron chi connectivity index (χ1n) is 7.25. The van der Waals surface area contributed by atoms with Gasteiger partial charge in [-0.15, -0.1) is 0 Å². The first kappa shape index (κ1) is 15.4. The molecule has 2 rings (SSSR count). The van der Waals surface area contributed by atoms with E-state index in [0.29, 0.717) is 18.4 Å². The molecule has 6 heteroatoms. The van der Waals surface area contributed by atoms with Crippen molar-refractivity contribution in [3.8, 4) is 0 Å². The van der Waals surface area contributed by atoms with Crippen molar-refractivity contribution in [2.24, 2.45) is 13.0 Å². The molecule has 0 saturated heterocycles. The van der Waals surface area contributed by atoms with E-state index in [1.807, 2.05) is 42.2 Å². The molecule has 1 N–H and O–H groups in total. The summed E-state index contributed by atoms with van der Waals surface area (Å²) in [4.78, 5) is 15.2. The molecule has 2 heterocycles. The van der Waals surface area contributed by atoms with Gasteiger partial charge in [-0.1, -0.05) is 13.8 Å². The molecule has 0 unspecified atom stereocenters. The molecule has 21 heavy (non-hydrogen) atoms. The summed E-state index contributed by atoms with van der Waals surface area (Å²) in [5.41, 5.74) is 1.10. The predicted octanol–water partition coefficient (Wildman–Crippen LogP) is 1.59. The van der Waals surface area contributed by atoms with E-state index in [4.69, 9.17) is 0 Å². The summed E-state index contributed by atoms with van der Waals surface area (Å²) in [7, 11) is 3.96. The summed E-state index contributed by atoms with van der Waals surface area (Å²) in [5, 5.41) is 3.39. The third-order valence-corrected chi connectivity index (χ3v) is 3.21. The van der Waals surface area contributed by atoms with Crippen LogP contribution in [0, 0.1) is 5.92 Å². The minimum absolute atomic E-state index is 0.647. The van der Waals surface area contributed by atoms with Crippen molar-refractivity contribution in [1.29, 1.82) is 0 Å². The first-order chi connectivity index (χ1) is 10.1. The average Bonchev–Trinajstić information content (AvgIpc) is 2.84. The molecule has 6 nitrogen and oxygen atoms in total. The van der Waals surface area contributed by atoms with Gasteiger partial charge in [-0.25, -0.2) is 15.0 Å². The largest absolute Gasteiger partial charge is 0.337 e. The zero-order chi connectivity index (χ0) is 15.2. The number of imidazole rings is 1. The van der Waals surface area contributed by atoms with Gasteiger partial charge in [0.25, 0.3) is 0 Å². The first-order valence-corrected chi connectivity index (χ1v) is 7.25. The van der Waals surface area contributed by atoms with Crippen LogP contribution in [0.5, 0.6) is 0 Å². The van der Waals surface area contributed by atoms with E-state index in [-0.39, 0.29) is 0 Å². The van der Waals surface area contributed by atoms with Crippen LogP contribution in [-0.4, -0.2) is 33.1 Å². The number of hydrogen-bond donors (Lipinski definition) is 1. The van der Waals surface area contributed by atoms with Gasteiger partial charge >= 0.3 is 0 Å². The van der Waals surface area contributed by atoms with Gasteiger partial charge in [-0.05, 0) is 12.5 Å². The Balaban J connectivity index is 1.90. The fraction of sp³-hybridized carbons (Fsp3) is 0.533. The highest BCUT2D eigenvalue weighted by atomic mass is 15.2. The third-order valence-electron chi connectivity index (χ3n) is 3.21. The topological polar surface area (TPSA) is 58.9 Å². The van der Waals surface area contributed by atoms with Gasteiger partial charge in [0.15, 0.2) is 0 Å². The summed E-state index contributed by atoms with van der Waals surface area (Å²) in [6, 6.07) is 0. The van der Waals surface area contributed by atoms with Crippen LogP contribution >= 0.6 is 0 Å². The maximum absolute atomic E-state index is 4.42. The van der Waals surface area contributed by atoms with Gasteiger partial charge in [0.1, 0.15) is 5.82 Å². The zero-order valence-electron chi connectivity index (χ0n) is 13.2. The van der Waals surface area contributed by atoms with E-state index in [2.05, 4.69) is 34.1 Å². The van der Waals surface area contributed by atoms with E-state index in [9.17, 15) is 0 Å². The Labute approximate surface area is 126 Å². The Morgan fingerprint density at radius 1 is 1.24 bits per heavy atom. The van der Waals surface area contributed by atoms with Crippen LogP contribution in [-0.2, 0) is 20.1 Å². The smallest absolute Gasteiger partial charge is 0.225 e. The summed E-state index contributed by atoms with van der Waals surface area (Å²) in [5.74, 6) is 2.35. The molecule has 0 aliphatic heterocycles. The van der Waals surface area contributed by atoms with Gasteiger partial charge in [0, 0.05) is 51.0 Å². The molecule has 0 aliphatic carbocycles. The number of hydrogen-bond acceptors (Lipinski definition) is 5. The lowest BCUT2D eigenvalue weighted by Gasteiger charge is -2.16. The second-order valence-corrected chi connectivity index (χ2v) is 5.73. The summed E-state index contributed by atoms with van der Waals surface area (Å²) in [6.07, 6.45) is 7.50. The van der Waals surface area contributed by atoms with Crippen LogP contribution < -0.4 is 10.2 Å². The predicted molar refractivity (Wildman–Crippen MR) is 83.9 cm³/mol. The second kappa shape index (κ2) is 7.17. The van der Waals surface area contributed by atoms with Gasteiger partial charge in [0.2, 0.25) is 5.95 Å². The summed E-state index contributed by atoms with van der Waals surface area (Å²) < 4.78 is 2.00. The standard InChI is InChI=1S/C15H24N6/c1-12(2)7-16-8-13-9-18-15(19-10-13)21(4)11-14-17-5-6-20(14)3/h5-6,9-10,12,16H,7-8,11H2,1-4H3. The summed E-state index contributed by atoms with van der Waals surface area (Å²) >= 11 is 0. The van der Waals surface area contributed by atoms with Gasteiger partial charge in [-0.3, -0.25) is 0 Å². The van der Waals surface area contributed by atoms with Crippen LogP contribution in [0.3, 0.4) is 0 Å². The lowest BCUT2D eigenvalue weighted by molar-refractivity contribution is 0.551. The molecule has 0 fully saturated rings. The van der Waals surface area contributed by atoms with Gasteiger partial charge < -0.3 is 14.8 Å². The van der Waals surface area contributed by atoms with Crippen molar-refractivity contribution >= 4 is 5.95 Å². The third kappa shape index (κ3) is 4.53. The molecule has 0 amide bonds. The van der Waals surface area contributed by atoms with E-state index >= 15 is 0 Å². The number of aryl methyl sites for hydroxylation is 1. The highest BCUT2D eigenvalue weighted by Crippen LogP contribution is 2.08. The highest BCUT2D eigenvalue weighted by molar-refractivity contribution is 5.28. The number of aromatic nitrogens is 4. The van der Waals surface area contributed by atoms with E-state index in [1.54, 1.807) is 6.20 Å². The maximum Gasteiger partial charge on any atom is 0.225 e. The summed E-state index contributed by atoms with van der Waals surface area (Å²) in [6.45, 7) is 6.88. The fourth-order valence-electron chi connectivity index (χ4n) is 1.97. The Morgan fingerprint density at radius 2 is 1.95 bits per heavy atom. The minimum Gasteiger partial charge on any atom is -0.337 e. The van der Waals surface area contributed by atoms with Gasteiger partial charge in [0.05, 0.1) is 6.54 Å². The minimum atomic E-state index is 0.647. The molecular formula is C15H24N6. The number of nitrogens with one attached hydrogen (secondary N) is 1. The molecule has 0 spiro atoms. The highest BCUT2D eigenvalue weighted by Gasteiger charge is 2.08. The van der Waals surface area contributed by atoms with E-state index < -0.39 is 0 Å². The Morgan fingerprint density at radius 3 is 2.52 bits per heavy atom. The molecule has 2 aromatic rings. The quantitative estimate of drug-likeness (QED) is 0.838. The molecule has 0 radical (unpaired) electrons. The van der Waals surface area contributed by atoms with E-state index in [1.165, 1.54) is 0 Å². The van der Waals surface area contributed by atoms with Crippen molar-refractivity contribution < 1.29 is 0 Å². The zero-order valence-corrected chi connectivity index (χ0v) is 13.2. The van der Waals surface area contributed by atoms with Gasteiger partial charge in [-0.2, -0.15) is 0 Å². The van der Waals surface area contributed by atoms with Crippen LogP contribution in [0.4, 0.5) is 5.95 Å². The molecule has 0 bridgehead atoms. The van der Waals surface area contributed by atoms with Crippen molar-refractivity contribution in [2.45, 2.75) is 26.9 Å². The number of anilines is 1. The lowest BCUT2D eigenvalue weighted by atomic mass is 10.2. The van der Waals surface area contributed by atoms with Crippen LogP contribution in [0.25, 0.3) is 0 Å². The number of nitrogens with zero attached hydrogens (tertiary/aromatic N) is 5. The van der Waals surface area contributed by atoms with Crippen LogP contribution in [0.2, 0.25) is 0 Å². The Hall–Kier alpha value is -1.95. The maximum atomic E-state index is 4.42. The fourth-order valence-corrected chi connectivity index (χ4v) is 1.97. The molecule has 114 valence electrons. The average molecular weight is 288 g/mol. The van der Waals surface area contributed by atoms with Crippen LogP contribution in [0.1, 0.15) is 25.2 Å². The van der Waals surface area contributed by atoms with Crippen molar-refractivity contribution in [3.63, 3.8) is 0 Å². The van der Waals surface area contributed by atoms with Crippen molar-refractivity contribution in [3.05, 3.63) is 36.2 Å². The molecule has 0 saturated carbocycles. The van der Waals surface area contributed by atoms with Crippen molar-refractivity contribution in [2.75, 3.05) is 18.5 Å². The SMILES string of the molecule is CC(C)CNCc1cnc(N(C)Cc2nccn2C)nc1. The molecule has 0 atom stereocenters. The lowest BCUT2D eigenvalue weighted by Crippen LogP contribution is -2.22. The molecular weight excluding hydrogens is 264 g/mol.